The topological polar surface area (TPSA) is 110 Å². The number of carbonyl (C=O) groups excluding carboxylic acids is 3. The third-order valence-corrected chi connectivity index (χ3v) is 7.37. The van der Waals surface area contributed by atoms with Crippen LogP contribution in [0.5, 0.6) is 0 Å². The van der Waals surface area contributed by atoms with Gasteiger partial charge in [-0.05, 0) is 59.3 Å². The van der Waals surface area contributed by atoms with Gasteiger partial charge in [0.2, 0.25) is 11.8 Å². The average molecular weight is 528 g/mol. The van der Waals surface area contributed by atoms with Gasteiger partial charge in [0.1, 0.15) is 12.6 Å². The van der Waals surface area contributed by atoms with Gasteiger partial charge < -0.3 is 20.5 Å². The number of likely N-dealkylation sites (tertiary alicyclic amines) is 1. The lowest BCUT2D eigenvalue weighted by Crippen LogP contribution is -2.46. The molecule has 3 N–H and O–H groups in total. The third-order valence-electron chi connectivity index (χ3n) is 6.75. The first-order valence-electron chi connectivity index (χ1n) is 11.1. The molecule has 10 heteroatoms. The number of primary amides is 1. The summed E-state index contributed by atoms with van der Waals surface area (Å²) in [4.78, 5) is 44.6. The normalized spacial score (nSPS) is 20.9. The number of nitrogens with two attached hydrogens (primary N) is 1. The van der Waals surface area contributed by atoms with E-state index in [1.807, 2.05) is 6.92 Å². The van der Waals surface area contributed by atoms with Crippen molar-refractivity contribution in [3.05, 3.63) is 58.2 Å². The molecule has 1 saturated carbocycles. The zero-order valence-corrected chi connectivity index (χ0v) is 20.0. The zero-order valence-electron chi connectivity index (χ0n) is 18.4. The minimum atomic E-state index is -0.685. The lowest BCUT2D eigenvalue weighted by molar-refractivity contribution is -0.138. The maximum absolute atomic E-state index is 14.4. The maximum atomic E-state index is 14.4. The van der Waals surface area contributed by atoms with E-state index in [4.69, 9.17) is 5.73 Å². The van der Waals surface area contributed by atoms with Gasteiger partial charge in [0.15, 0.2) is 5.82 Å². The van der Waals surface area contributed by atoms with Gasteiger partial charge in [0.05, 0.1) is 27.4 Å². The summed E-state index contributed by atoms with van der Waals surface area (Å²) in [5.74, 6) is -1.50. The van der Waals surface area contributed by atoms with Crippen molar-refractivity contribution in [1.82, 2.24) is 14.5 Å². The van der Waals surface area contributed by atoms with E-state index in [-0.39, 0.29) is 34.6 Å². The largest absolute Gasteiger partial charge is 0.366 e. The fourth-order valence-electron chi connectivity index (χ4n) is 5.15. The number of anilines is 1. The number of benzene rings is 1. The maximum Gasteiger partial charge on any atom is 0.251 e. The predicted molar refractivity (Wildman–Crippen MR) is 128 cm³/mol. The molecule has 1 aliphatic carbocycles. The van der Waals surface area contributed by atoms with Crippen LogP contribution in [0.1, 0.15) is 35.8 Å². The number of halogens is 2. The molecule has 0 radical (unpaired) electrons. The number of amides is 3. The second kappa shape index (κ2) is 8.50. The summed E-state index contributed by atoms with van der Waals surface area (Å²) >= 11 is 3.12. The van der Waals surface area contributed by atoms with Crippen molar-refractivity contribution >= 4 is 50.2 Å². The number of aromatic nitrogens is 2. The smallest absolute Gasteiger partial charge is 0.251 e. The second-order valence-corrected chi connectivity index (χ2v) is 9.58. The monoisotopic (exact) mass is 527 g/mol. The lowest BCUT2D eigenvalue weighted by atomic mass is 10.1. The average Bonchev–Trinajstić information content (AvgIpc) is 3.35. The van der Waals surface area contributed by atoms with E-state index >= 15 is 0 Å². The number of piperidine rings is 1. The zero-order chi connectivity index (χ0) is 24.1. The Morgan fingerprint density at radius 2 is 2.06 bits per heavy atom. The van der Waals surface area contributed by atoms with Crippen LogP contribution in [0.4, 0.5) is 10.1 Å². The molecule has 0 unspecified atom stereocenters. The van der Waals surface area contributed by atoms with Crippen LogP contribution in [0, 0.1) is 11.7 Å². The van der Waals surface area contributed by atoms with Gasteiger partial charge in [0.25, 0.3) is 5.91 Å². The molecule has 3 amide bonds. The molecule has 1 aromatic carbocycles. The Balaban J connectivity index is 1.43. The molecule has 1 aliphatic heterocycles. The first-order chi connectivity index (χ1) is 16.3. The van der Waals surface area contributed by atoms with E-state index in [0.717, 1.165) is 6.42 Å². The Hall–Kier alpha value is -3.27. The molecular formula is C24H23BrFN5O3. The molecule has 8 nitrogen and oxygen atoms in total. The highest BCUT2D eigenvalue weighted by atomic mass is 79.9. The van der Waals surface area contributed by atoms with Crippen LogP contribution in [0.15, 0.2) is 41.1 Å². The summed E-state index contributed by atoms with van der Waals surface area (Å²) in [6, 6.07) is 5.69. The van der Waals surface area contributed by atoms with Crippen LogP contribution >= 0.6 is 15.9 Å². The van der Waals surface area contributed by atoms with E-state index < -0.39 is 23.7 Å². The highest BCUT2D eigenvalue weighted by Crippen LogP contribution is 2.48. The van der Waals surface area contributed by atoms with Crippen LogP contribution in [0.2, 0.25) is 0 Å². The summed E-state index contributed by atoms with van der Waals surface area (Å²) in [5, 5.41) is 3.29. The first-order valence-corrected chi connectivity index (χ1v) is 11.9. The van der Waals surface area contributed by atoms with Crippen LogP contribution in [-0.4, -0.2) is 44.3 Å². The number of fused-ring (bicyclic) bond motifs is 2. The third kappa shape index (κ3) is 3.66. The van der Waals surface area contributed by atoms with Crippen molar-refractivity contribution in [2.24, 2.45) is 11.7 Å². The van der Waals surface area contributed by atoms with Crippen LogP contribution in [0.3, 0.4) is 0 Å². The van der Waals surface area contributed by atoms with E-state index in [1.54, 1.807) is 40.1 Å². The Kier molecular flexibility index (Phi) is 5.63. The van der Waals surface area contributed by atoms with Gasteiger partial charge in [-0.2, -0.15) is 0 Å². The second-order valence-electron chi connectivity index (χ2n) is 8.72. The quantitative estimate of drug-likeness (QED) is 0.512. The number of rotatable bonds is 6. The highest BCUT2D eigenvalue weighted by Gasteiger charge is 2.56. The minimum Gasteiger partial charge on any atom is -0.366 e. The molecule has 3 heterocycles. The summed E-state index contributed by atoms with van der Waals surface area (Å²) in [6.45, 7) is 1.85. The number of nitrogens with zero attached hydrogens (tertiary/aromatic N) is 3. The number of pyridine rings is 1. The summed E-state index contributed by atoms with van der Waals surface area (Å²) < 4.78 is 16.4. The molecule has 2 aliphatic rings. The number of hydrogen-bond acceptors (Lipinski definition) is 4. The lowest BCUT2D eigenvalue weighted by Gasteiger charge is -2.27. The number of carbonyl (C=O) groups is 3. The van der Waals surface area contributed by atoms with Gasteiger partial charge in [0, 0.05) is 23.3 Å². The Labute approximate surface area is 203 Å². The van der Waals surface area contributed by atoms with Gasteiger partial charge in [-0.3, -0.25) is 19.4 Å². The molecule has 3 aromatic rings. The fraction of sp³-hybridized carbons (Fsp3) is 0.333. The van der Waals surface area contributed by atoms with Crippen molar-refractivity contribution in [3.8, 4) is 0 Å². The molecule has 3 atom stereocenters. The van der Waals surface area contributed by atoms with Crippen LogP contribution in [-0.2, 0) is 22.6 Å². The predicted octanol–water partition coefficient (Wildman–Crippen LogP) is 3.23. The summed E-state index contributed by atoms with van der Waals surface area (Å²) in [7, 11) is 0. The highest BCUT2D eigenvalue weighted by molar-refractivity contribution is 9.10. The van der Waals surface area contributed by atoms with Crippen molar-refractivity contribution in [1.29, 1.82) is 0 Å². The molecule has 176 valence electrons. The molecule has 34 heavy (non-hydrogen) atoms. The van der Waals surface area contributed by atoms with E-state index in [2.05, 4.69) is 26.2 Å². The van der Waals surface area contributed by atoms with Crippen molar-refractivity contribution in [2.75, 3.05) is 5.32 Å². The standard InChI is InChI=1S/C24H23BrFN5O3/c1-2-16-21(23(27)33)13-6-7-28-10-19(13)30(16)11-20(32)31-17-8-12(17)9-18(31)24(34)29-15-5-3-4-14(25)22(15)26/h3-7,10,12,17-18H,2,8-9,11H2,1H3,(H2,27,33)(H,29,34)/t12-,17-,18+/m1/s1. The fourth-order valence-corrected chi connectivity index (χ4v) is 5.52. The van der Waals surface area contributed by atoms with Crippen molar-refractivity contribution in [3.63, 3.8) is 0 Å². The SMILES string of the molecule is CCc1c(C(N)=O)c2ccncc2n1CC(=O)N1[C@@H]2C[C@@H]2C[C@H]1C(=O)Nc1cccc(Br)c1F. The van der Waals surface area contributed by atoms with Gasteiger partial charge >= 0.3 is 0 Å². The number of hydrogen-bond donors (Lipinski definition) is 2. The van der Waals surface area contributed by atoms with Crippen LogP contribution in [0.25, 0.3) is 10.9 Å². The summed E-state index contributed by atoms with van der Waals surface area (Å²) in [6.07, 6.45) is 5.08. The van der Waals surface area contributed by atoms with Gasteiger partial charge in [-0.15, -0.1) is 0 Å². The Bertz CT molecular complexity index is 1340. The molecule has 1 saturated heterocycles. The van der Waals surface area contributed by atoms with Crippen molar-refractivity contribution < 1.29 is 18.8 Å². The first kappa shape index (κ1) is 22.5. The molecular weight excluding hydrogens is 505 g/mol. The Morgan fingerprint density at radius 1 is 1.26 bits per heavy atom. The molecule has 2 fully saturated rings. The Morgan fingerprint density at radius 3 is 2.79 bits per heavy atom. The minimum absolute atomic E-state index is 0.00348. The van der Waals surface area contributed by atoms with Crippen molar-refractivity contribution in [2.45, 2.75) is 44.8 Å². The van der Waals surface area contributed by atoms with Crippen LogP contribution < -0.4 is 11.1 Å². The number of nitrogens with one attached hydrogen (secondary N) is 1. The molecule has 2 aromatic heterocycles. The van der Waals surface area contributed by atoms with E-state index in [9.17, 15) is 18.8 Å². The summed E-state index contributed by atoms with van der Waals surface area (Å²) in [5.41, 5.74) is 7.41. The van der Waals surface area contributed by atoms with E-state index in [1.165, 1.54) is 6.07 Å². The van der Waals surface area contributed by atoms with Gasteiger partial charge in [-0.25, -0.2) is 4.39 Å². The van der Waals surface area contributed by atoms with Gasteiger partial charge in [-0.1, -0.05) is 13.0 Å². The molecule has 0 bridgehead atoms. The molecule has 5 rings (SSSR count). The van der Waals surface area contributed by atoms with E-state index in [0.29, 0.717) is 35.0 Å². The molecule has 0 spiro atoms.